The molecule has 0 spiro atoms. The monoisotopic (exact) mass is 426 g/mol. The molecule has 0 saturated carbocycles. The van der Waals surface area contributed by atoms with Crippen LogP contribution in [-0.2, 0) is 17.8 Å². The van der Waals surface area contributed by atoms with Crippen LogP contribution in [0.5, 0.6) is 0 Å². The van der Waals surface area contributed by atoms with Crippen molar-refractivity contribution in [2.75, 3.05) is 11.9 Å². The van der Waals surface area contributed by atoms with Gasteiger partial charge in [0.1, 0.15) is 0 Å². The number of anilines is 1. The molecular weight excluding hydrogens is 404 g/mol. The third kappa shape index (κ3) is 4.09. The maximum absolute atomic E-state index is 13.0. The minimum Gasteiger partial charge on any atom is -0.356 e. The molecule has 1 aliphatic heterocycles. The zero-order valence-electron chi connectivity index (χ0n) is 16.9. The van der Waals surface area contributed by atoms with E-state index in [1.54, 1.807) is 29.2 Å². The van der Waals surface area contributed by atoms with Crippen LogP contribution in [0.4, 0.5) is 5.69 Å². The first-order valence-corrected chi connectivity index (χ1v) is 10.2. The molecule has 0 aliphatic carbocycles. The van der Waals surface area contributed by atoms with Crippen LogP contribution in [0.15, 0.2) is 36.7 Å². The fourth-order valence-electron chi connectivity index (χ4n) is 3.72. The fraction of sp³-hybridized carbons (Fsp3) is 0.333. The molecule has 2 aromatic heterocycles. The Hall–Kier alpha value is -3.13. The molecule has 1 aliphatic rings. The van der Waals surface area contributed by atoms with Crippen molar-refractivity contribution in [3.8, 4) is 5.69 Å². The lowest BCUT2D eigenvalue weighted by atomic mass is 9.94. The maximum Gasteiger partial charge on any atom is 0.259 e. The van der Waals surface area contributed by atoms with Gasteiger partial charge in [-0.2, -0.15) is 10.2 Å². The summed E-state index contributed by atoms with van der Waals surface area (Å²) in [5.41, 5.74) is 3.77. The van der Waals surface area contributed by atoms with Gasteiger partial charge in [-0.3, -0.25) is 14.3 Å². The third-order valence-electron chi connectivity index (χ3n) is 5.39. The van der Waals surface area contributed by atoms with Crippen molar-refractivity contribution in [2.45, 2.75) is 33.2 Å². The Morgan fingerprint density at radius 2 is 1.97 bits per heavy atom. The molecule has 2 N–H and O–H groups in total. The van der Waals surface area contributed by atoms with Gasteiger partial charge >= 0.3 is 0 Å². The van der Waals surface area contributed by atoms with E-state index in [1.165, 1.54) is 6.92 Å². The van der Waals surface area contributed by atoms with Crippen molar-refractivity contribution >= 4 is 29.1 Å². The second kappa shape index (κ2) is 8.31. The number of aryl methyl sites for hydroxylation is 1. The first-order chi connectivity index (χ1) is 14.4. The second-order valence-corrected chi connectivity index (χ2v) is 7.95. The molecule has 1 aromatic carbocycles. The number of carbonyl (C=O) groups excluding carboxylic acids is 2. The van der Waals surface area contributed by atoms with Gasteiger partial charge in [0.05, 0.1) is 40.7 Å². The smallest absolute Gasteiger partial charge is 0.259 e. The number of carbonyl (C=O) groups is 2. The van der Waals surface area contributed by atoms with Crippen LogP contribution in [0.25, 0.3) is 5.69 Å². The lowest BCUT2D eigenvalue weighted by molar-refractivity contribution is -0.119. The lowest BCUT2D eigenvalue weighted by Crippen LogP contribution is -2.32. The molecule has 9 heteroatoms. The van der Waals surface area contributed by atoms with Crippen molar-refractivity contribution in [3.05, 3.63) is 58.6 Å². The Balaban J connectivity index is 1.50. The summed E-state index contributed by atoms with van der Waals surface area (Å²) in [6.45, 7) is 4.75. The topological polar surface area (TPSA) is 93.8 Å². The Morgan fingerprint density at radius 3 is 2.70 bits per heavy atom. The van der Waals surface area contributed by atoms with Crippen LogP contribution in [0.3, 0.4) is 0 Å². The van der Waals surface area contributed by atoms with Gasteiger partial charge in [0.15, 0.2) is 0 Å². The number of aromatic nitrogens is 4. The highest BCUT2D eigenvalue weighted by Gasteiger charge is 2.26. The number of nitrogens with zero attached hydrogens (tertiary/aromatic N) is 4. The normalized spacial score (nSPS) is 15.5. The van der Waals surface area contributed by atoms with Crippen LogP contribution >= 0.6 is 11.6 Å². The zero-order valence-corrected chi connectivity index (χ0v) is 17.6. The predicted molar refractivity (Wildman–Crippen MR) is 114 cm³/mol. The average Bonchev–Trinajstić information content (AvgIpc) is 3.31. The number of fused-ring (bicyclic) bond motifs is 1. The van der Waals surface area contributed by atoms with Gasteiger partial charge in [-0.15, -0.1) is 0 Å². The number of rotatable bonds is 5. The Bertz CT molecular complexity index is 1090. The van der Waals surface area contributed by atoms with Gasteiger partial charge in [0.25, 0.3) is 5.91 Å². The van der Waals surface area contributed by atoms with Crippen molar-refractivity contribution in [3.63, 3.8) is 0 Å². The van der Waals surface area contributed by atoms with Crippen molar-refractivity contribution in [1.29, 1.82) is 0 Å². The van der Waals surface area contributed by atoms with Crippen LogP contribution in [0.1, 0.15) is 35.1 Å². The van der Waals surface area contributed by atoms with E-state index < -0.39 is 0 Å². The molecule has 1 atom stereocenters. The largest absolute Gasteiger partial charge is 0.356 e. The van der Waals surface area contributed by atoms with Crippen LogP contribution in [0, 0.1) is 12.8 Å². The van der Waals surface area contributed by atoms with Crippen LogP contribution in [0.2, 0.25) is 5.02 Å². The van der Waals surface area contributed by atoms with Gasteiger partial charge in [-0.1, -0.05) is 11.6 Å². The van der Waals surface area contributed by atoms with Gasteiger partial charge in [0, 0.05) is 25.0 Å². The summed E-state index contributed by atoms with van der Waals surface area (Å²) in [5.74, 6) is 0.0365. The molecule has 4 rings (SSSR count). The summed E-state index contributed by atoms with van der Waals surface area (Å²) in [6, 6.07) is 7.34. The molecule has 3 aromatic rings. The third-order valence-corrected chi connectivity index (χ3v) is 5.65. The standard InChI is InChI=1S/C21H23ClN6O2/c1-13-19(12-25-28(13)17-5-3-16(22)4-6-17)26-21(30)18-11-24-27-8-7-15(9-20(18)27)10-23-14(2)29/h3-6,11-12,15H,7-10H2,1-2H3,(H,23,29)(H,26,30). The van der Waals surface area contributed by atoms with E-state index in [1.807, 2.05) is 23.7 Å². The Morgan fingerprint density at radius 1 is 1.20 bits per heavy atom. The minimum atomic E-state index is -0.213. The molecule has 1 unspecified atom stereocenters. The van der Waals surface area contributed by atoms with Crippen LogP contribution in [-0.4, -0.2) is 37.9 Å². The Kier molecular flexibility index (Phi) is 5.59. The summed E-state index contributed by atoms with van der Waals surface area (Å²) < 4.78 is 3.63. The Labute approximate surface area is 179 Å². The highest BCUT2D eigenvalue weighted by Crippen LogP contribution is 2.25. The summed E-state index contributed by atoms with van der Waals surface area (Å²) >= 11 is 5.96. The van der Waals surface area contributed by atoms with Crippen molar-refractivity contribution in [2.24, 2.45) is 5.92 Å². The van der Waals surface area contributed by atoms with E-state index in [0.717, 1.165) is 30.0 Å². The summed E-state index contributed by atoms with van der Waals surface area (Å²) in [5, 5.41) is 15.2. The number of halogens is 1. The summed E-state index contributed by atoms with van der Waals surface area (Å²) in [6.07, 6.45) is 4.87. The number of hydrogen-bond acceptors (Lipinski definition) is 4. The highest BCUT2D eigenvalue weighted by atomic mass is 35.5. The maximum atomic E-state index is 13.0. The zero-order chi connectivity index (χ0) is 21.3. The van der Waals surface area contributed by atoms with E-state index in [0.29, 0.717) is 35.2 Å². The second-order valence-electron chi connectivity index (χ2n) is 7.51. The molecule has 2 amide bonds. The summed E-state index contributed by atoms with van der Waals surface area (Å²) in [4.78, 5) is 24.2. The van der Waals surface area contributed by atoms with Crippen LogP contribution < -0.4 is 10.6 Å². The van der Waals surface area contributed by atoms with Crippen molar-refractivity contribution in [1.82, 2.24) is 24.9 Å². The first kappa shape index (κ1) is 20.2. The van der Waals surface area contributed by atoms with E-state index in [9.17, 15) is 9.59 Å². The number of amides is 2. The first-order valence-electron chi connectivity index (χ1n) is 9.83. The molecule has 0 bridgehead atoms. The van der Waals surface area contributed by atoms with E-state index in [2.05, 4.69) is 20.8 Å². The van der Waals surface area contributed by atoms with Crippen molar-refractivity contribution < 1.29 is 9.59 Å². The molecule has 8 nitrogen and oxygen atoms in total. The molecule has 0 radical (unpaired) electrons. The van der Waals surface area contributed by atoms with E-state index >= 15 is 0 Å². The number of hydrogen-bond donors (Lipinski definition) is 2. The molecule has 3 heterocycles. The summed E-state index contributed by atoms with van der Waals surface area (Å²) in [7, 11) is 0. The minimum absolute atomic E-state index is 0.0415. The number of benzene rings is 1. The fourth-order valence-corrected chi connectivity index (χ4v) is 3.84. The van der Waals surface area contributed by atoms with E-state index in [4.69, 9.17) is 11.6 Å². The van der Waals surface area contributed by atoms with Gasteiger partial charge in [-0.25, -0.2) is 4.68 Å². The molecular formula is C21H23ClN6O2. The lowest BCUT2D eigenvalue weighted by Gasteiger charge is -2.24. The van der Waals surface area contributed by atoms with Gasteiger partial charge < -0.3 is 10.6 Å². The molecule has 156 valence electrons. The highest BCUT2D eigenvalue weighted by molar-refractivity contribution is 6.30. The molecule has 0 fully saturated rings. The van der Waals surface area contributed by atoms with Gasteiger partial charge in [-0.05, 0) is 49.9 Å². The van der Waals surface area contributed by atoms with E-state index in [-0.39, 0.29) is 11.8 Å². The predicted octanol–water partition coefficient (Wildman–Crippen LogP) is 2.98. The molecule has 30 heavy (non-hydrogen) atoms. The average molecular weight is 427 g/mol. The SMILES string of the molecule is CC(=O)NCC1CCn2ncc(C(=O)Nc3cnn(-c4ccc(Cl)cc4)c3C)c2C1. The number of nitrogens with one attached hydrogen (secondary N) is 2. The molecule has 0 saturated heterocycles. The van der Waals surface area contributed by atoms with Gasteiger partial charge in [0.2, 0.25) is 5.91 Å². The quantitative estimate of drug-likeness (QED) is 0.655.